The zero-order chi connectivity index (χ0) is 23.0. The molecule has 0 saturated heterocycles. The lowest BCUT2D eigenvalue weighted by atomic mass is 10.2. The van der Waals surface area contributed by atoms with Gasteiger partial charge in [-0.15, -0.1) is 16.9 Å². The van der Waals surface area contributed by atoms with E-state index < -0.39 is 0 Å². The molecule has 1 aromatic heterocycles. The van der Waals surface area contributed by atoms with Gasteiger partial charge in [0.05, 0.1) is 28.6 Å². The highest BCUT2D eigenvalue weighted by molar-refractivity contribution is 8.00. The Balaban J connectivity index is 1.39. The molecule has 4 aromatic rings. The number of benzene rings is 3. The summed E-state index contributed by atoms with van der Waals surface area (Å²) >= 11 is 1.26. The van der Waals surface area contributed by atoms with Crippen molar-refractivity contribution in [3.05, 3.63) is 90.3 Å². The summed E-state index contributed by atoms with van der Waals surface area (Å²) < 4.78 is 1.51. The fraction of sp³-hybridized carbons (Fsp3) is 0.0435. The SMILES string of the molecule is N#Cc1cccc(NC(=O)CSc2ccccc2C(=O)Nc2ccc(-n3cnnn3)cc2)c1. The van der Waals surface area contributed by atoms with E-state index >= 15 is 0 Å². The number of nitrogens with one attached hydrogen (secondary N) is 2. The standard InChI is InChI=1S/C23H17N7O2S/c24-13-16-4-3-5-18(12-16)26-22(31)14-33-21-7-2-1-6-20(21)23(32)27-17-8-10-19(11-9-17)30-15-25-28-29-30/h1-12,15H,14H2,(H,26,31)(H,27,32). The average Bonchev–Trinajstić information content (AvgIpc) is 3.38. The fourth-order valence-electron chi connectivity index (χ4n) is 2.96. The van der Waals surface area contributed by atoms with E-state index in [1.807, 2.05) is 12.1 Å². The number of nitriles is 1. The van der Waals surface area contributed by atoms with Crippen molar-refractivity contribution in [2.45, 2.75) is 4.90 Å². The van der Waals surface area contributed by atoms with Crippen LogP contribution in [0.25, 0.3) is 5.69 Å². The predicted molar refractivity (Wildman–Crippen MR) is 124 cm³/mol. The van der Waals surface area contributed by atoms with Gasteiger partial charge >= 0.3 is 0 Å². The van der Waals surface area contributed by atoms with Gasteiger partial charge in [0, 0.05) is 16.3 Å². The number of thioether (sulfide) groups is 1. The summed E-state index contributed by atoms with van der Waals surface area (Å²) in [6, 6.07) is 22.9. The average molecular weight is 456 g/mol. The molecule has 2 N–H and O–H groups in total. The summed E-state index contributed by atoms with van der Waals surface area (Å²) in [6.45, 7) is 0. The van der Waals surface area contributed by atoms with Crippen LogP contribution in [0.1, 0.15) is 15.9 Å². The molecular formula is C23H17N7O2S. The number of rotatable bonds is 7. The smallest absolute Gasteiger partial charge is 0.256 e. The second-order valence-corrected chi connectivity index (χ2v) is 7.80. The van der Waals surface area contributed by atoms with Crippen LogP contribution in [0, 0.1) is 11.3 Å². The quantitative estimate of drug-likeness (QED) is 0.408. The molecule has 0 fully saturated rings. The third-order valence-corrected chi connectivity index (χ3v) is 5.58. The third-order valence-electron chi connectivity index (χ3n) is 4.50. The van der Waals surface area contributed by atoms with Crippen molar-refractivity contribution in [2.24, 2.45) is 0 Å². The molecule has 0 atom stereocenters. The first kappa shape index (κ1) is 21.7. The molecule has 2 amide bonds. The number of carbonyl (C=O) groups is 2. The van der Waals surface area contributed by atoms with Gasteiger partial charge in [0.2, 0.25) is 5.91 Å². The largest absolute Gasteiger partial charge is 0.325 e. The van der Waals surface area contributed by atoms with E-state index in [0.29, 0.717) is 27.4 Å². The maximum Gasteiger partial charge on any atom is 0.256 e. The Morgan fingerprint density at radius 2 is 1.79 bits per heavy atom. The van der Waals surface area contributed by atoms with Crippen molar-refractivity contribution in [2.75, 3.05) is 16.4 Å². The number of amides is 2. The van der Waals surface area contributed by atoms with Gasteiger partial charge < -0.3 is 10.6 Å². The van der Waals surface area contributed by atoms with Crippen LogP contribution in [0.2, 0.25) is 0 Å². The first-order valence-electron chi connectivity index (χ1n) is 9.79. The summed E-state index contributed by atoms with van der Waals surface area (Å²) in [4.78, 5) is 25.9. The monoisotopic (exact) mass is 455 g/mol. The molecule has 0 radical (unpaired) electrons. The van der Waals surface area contributed by atoms with Gasteiger partial charge in [-0.3, -0.25) is 9.59 Å². The summed E-state index contributed by atoms with van der Waals surface area (Å²) in [5.74, 6) is -0.402. The van der Waals surface area contributed by atoms with Crippen LogP contribution >= 0.6 is 11.8 Å². The Labute approximate surface area is 193 Å². The molecular weight excluding hydrogens is 438 g/mol. The van der Waals surface area contributed by atoms with Crippen LogP contribution in [0.4, 0.5) is 11.4 Å². The molecule has 10 heteroatoms. The molecule has 3 aromatic carbocycles. The van der Waals surface area contributed by atoms with Gasteiger partial charge in [0.25, 0.3) is 5.91 Å². The van der Waals surface area contributed by atoms with Crippen LogP contribution in [-0.4, -0.2) is 37.8 Å². The molecule has 0 aliphatic carbocycles. The Morgan fingerprint density at radius 3 is 2.55 bits per heavy atom. The Hall–Kier alpha value is -4.49. The van der Waals surface area contributed by atoms with Crippen molar-refractivity contribution < 1.29 is 9.59 Å². The van der Waals surface area contributed by atoms with E-state index in [4.69, 9.17) is 5.26 Å². The number of carbonyl (C=O) groups excluding carboxylic acids is 2. The van der Waals surface area contributed by atoms with E-state index in [0.717, 1.165) is 5.69 Å². The van der Waals surface area contributed by atoms with Gasteiger partial charge in [-0.05, 0) is 65.0 Å². The van der Waals surface area contributed by atoms with Crippen molar-refractivity contribution in [1.82, 2.24) is 20.2 Å². The number of nitrogens with zero attached hydrogens (tertiary/aromatic N) is 5. The van der Waals surface area contributed by atoms with Crippen LogP contribution in [-0.2, 0) is 4.79 Å². The molecule has 0 aliphatic rings. The number of hydrogen-bond donors (Lipinski definition) is 2. The minimum absolute atomic E-state index is 0.113. The minimum Gasteiger partial charge on any atom is -0.325 e. The molecule has 4 rings (SSSR count). The highest BCUT2D eigenvalue weighted by Gasteiger charge is 2.13. The van der Waals surface area contributed by atoms with Crippen molar-refractivity contribution >= 4 is 35.0 Å². The summed E-state index contributed by atoms with van der Waals surface area (Å²) in [5.41, 5.74) is 2.86. The first-order valence-corrected chi connectivity index (χ1v) is 10.8. The molecule has 33 heavy (non-hydrogen) atoms. The van der Waals surface area contributed by atoms with Crippen LogP contribution in [0.3, 0.4) is 0 Å². The number of tetrazole rings is 1. The fourth-order valence-corrected chi connectivity index (χ4v) is 3.81. The maximum absolute atomic E-state index is 12.9. The lowest BCUT2D eigenvalue weighted by Crippen LogP contribution is -2.16. The molecule has 0 spiro atoms. The molecule has 162 valence electrons. The predicted octanol–water partition coefficient (Wildman–Crippen LogP) is 3.52. The lowest BCUT2D eigenvalue weighted by Gasteiger charge is -2.11. The van der Waals surface area contributed by atoms with E-state index in [9.17, 15) is 9.59 Å². The molecule has 0 saturated carbocycles. The van der Waals surface area contributed by atoms with E-state index in [1.165, 1.54) is 22.8 Å². The highest BCUT2D eigenvalue weighted by atomic mass is 32.2. The maximum atomic E-state index is 12.9. The summed E-state index contributed by atoms with van der Waals surface area (Å²) in [5, 5.41) is 25.6. The van der Waals surface area contributed by atoms with Crippen LogP contribution < -0.4 is 10.6 Å². The van der Waals surface area contributed by atoms with Gasteiger partial charge in [0.1, 0.15) is 6.33 Å². The van der Waals surface area contributed by atoms with Gasteiger partial charge in [-0.2, -0.15) is 5.26 Å². The topological polar surface area (TPSA) is 126 Å². The van der Waals surface area contributed by atoms with E-state index in [1.54, 1.807) is 66.7 Å². The van der Waals surface area contributed by atoms with Gasteiger partial charge in [0.15, 0.2) is 0 Å². The zero-order valence-corrected chi connectivity index (χ0v) is 18.0. The van der Waals surface area contributed by atoms with E-state index in [-0.39, 0.29) is 17.6 Å². The summed E-state index contributed by atoms with van der Waals surface area (Å²) in [6.07, 6.45) is 1.48. The van der Waals surface area contributed by atoms with E-state index in [2.05, 4.69) is 26.2 Å². The summed E-state index contributed by atoms with van der Waals surface area (Å²) in [7, 11) is 0. The third kappa shape index (κ3) is 5.61. The second kappa shape index (κ2) is 10.2. The molecule has 0 bridgehead atoms. The normalized spacial score (nSPS) is 10.3. The Kier molecular flexibility index (Phi) is 6.73. The zero-order valence-electron chi connectivity index (χ0n) is 17.2. The Bertz CT molecular complexity index is 1320. The minimum atomic E-state index is -0.282. The van der Waals surface area contributed by atoms with Crippen molar-refractivity contribution in [3.8, 4) is 11.8 Å². The number of hydrogen-bond acceptors (Lipinski definition) is 7. The van der Waals surface area contributed by atoms with Crippen LogP contribution in [0.15, 0.2) is 84.0 Å². The molecule has 1 heterocycles. The van der Waals surface area contributed by atoms with Crippen LogP contribution in [0.5, 0.6) is 0 Å². The lowest BCUT2D eigenvalue weighted by molar-refractivity contribution is -0.113. The first-order chi connectivity index (χ1) is 16.1. The van der Waals surface area contributed by atoms with Crippen molar-refractivity contribution in [1.29, 1.82) is 5.26 Å². The van der Waals surface area contributed by atoms with Gasteiger partial charge in [-0.25, -0.2) is 4.68 Å². The second-order valence-electron chi connectivity index (χ2n) is 6.78. The number of aromatic nitrogens is 4. The van der Waals surface area contributed by atoms with Crippen molar-refractivity contribution in [3.63, 3.8) is 0 Å². The molecule has 9 nitrogen and oxygen atoms in total. The van der Waals surface area contributed by atoms with Gasteiger partial charge in [-0.1, -0.05) is 18.2 Å². The Morgan fingerprint density at radius 1 is 0.970 bits per heavy atom. The highest BCUT2D eigenvalue weighted by Crippen LogP contribution is 2.24. The number of anilines is 2. The molecule has 0 unspecified atom stereocenters. The molecule has 0 aliphatic heterocycles.